The van der Waals surface area contributed by atoms with Gasteiger partial charge in [0.15, 0.2) is 0 Å². The molecule has 88 valence electrons. The van der Waals surface area contributed by atoms with Crippen LogP contribution in [0.4, 0.5) is 0 Å². The highest BCUT2D eigenvalue weighted by Gasteiger charge is 2.16. The number of para-hydroxylation sites is 1. The van der Waals surface area contributed by atoms with Gasteiger partial charge in [0.25, 0.3) is 0 Å². The smallest absolute Gasteiger partial charge is 0.348 e. The Hall–Kier alpha value is -2.28. The second-order valence-electron chi connectivity index (χ2n) is 3.30. The summed E-state index contributed by atoms with van der Waals surface area (Å²) in [6, 6.07) is 9.04. The average molecular weight is 231 g/mol. The van der Waals surface area contributed by atoms with E-state index in [9.17, 15) is 4.79 Å². The summed E-state index contributed by atoms with van der Waals surface area (Å²) in [5.41, 5.74) is 1.23. The van der Waals surface area contributed by atoms with Gasteiger partial charge in [0.1, 0.15) is 17.4 Å². The number of carbonyl (C=O) groups excluding carboxylic acids is 1. The Labute approximate surface area is 100 Å². The molecule has 4 heteroatoms. The van der Waals surface area contributed by atoms with Gasteiger partial charge in [-0.25, -0.2) is 4.79 Å². The normalized spacial score (nSPS) is 11.2. The molecule has 0 aromatic heterocycles. The number of nitrogens with zero attached hydrogens (tertiary/aromatic N) is 1. The highest BCUT2D eigenvalue weighted by atomic mass is 16.5. The number of nitriles is 1. The van der Waals surface area contributed by atoms with E-state index in [1.165, 1.54) is 14.2 Å². The summed E-state index contributed by atoms with van der Waals surface area (Å²) in [5.74, 6) is -0.0300. The summed E-state index contributed by atoms with van der Waals surface area (Å²) < 4.78 is 9.74. The Kier molecular flexibility index (Phi) is 4.29. The van der Waals surface area contributed by atoms with Gasteiger partial charge < -0.3 is 9.47 Å². The molecule has 0 aliphatic heterocycles. The van der Waals surface area contributed by atoms with Crippen molar-refractivity contribution in [2.24, 2.45) is 0 Å². The summed E-state index contributed by atoms with van der Waals surface area (Å²) in [6.07, 6.45) is 0. The lowest BCUT2D eigenvalue weighted by molar-refractivity contribution is -0.135. The van der Waals surface area contributed by atoms with Crippen LogP contribution in [0.15, 0.2) is 29.8 Å². The minimum atomic E-state index is -0.643. The second-order valence-corrected chi connectivity index (χ2v) is 3.30. The number of carbonyl (C=O) groups is 1. The van der Waals surface area contributed by atoms with Gasteiger partial charge in [-0.15, -0.1) is 0 Å². The van der Waals surface area contributed by atoms with Crippen molar-refractivity contribution in [3.05, 3.63) is 35.4 Å². The molecule has 0 saturated carbocycles. The Morgan fingerprint density at radius 3 is 2.47 bits per heavy atom. The van der Waals surface area contributed by atoms with Crippen LogP contribution < -0.4 is 4.74 Å². The van der Waals surface area contributed by atoms with Gasteiger partial charge in [-0.1, -0.05) is 18.2 Å². The van der Waals surface area contributed by atoms with Crippen LogP contribution >= 0.6 is 0 Å². The molecule has 4 nitrogen and oxygen atoms in total. The second kappa shape index (κ2) is 5.71. The molecular weight excluding hydrogens is 218 g/mol. The fourth-order valence-corrected chi connectivity index (χ4v) is 1.47. The molecule has 0 radical (unpaired) electrons. The predicted molar refractivity (Wildman–Crippen MR) is 63.2 cm³/mol. The van der Waals surface area contributed by atoms with Crippen LogP contribution in [0.2, 0.25) is 0 Å². The molecule has 0 aliphatic carbocycles. The summed E-state index contributed by atoms with van der Waals surface area (Å²) in [6.45, 7) is 1.69. The molecule has 0 atom stereocenters. The molecule has 0 amide bonds. The Morgan fingerprint density at radius 1 is 1.29 bits per heavy atom. The minimum absolute atomic E-state index is 0.0167. The van der Waals surface area contributed by atoms with Crippen LogP contribution in [0.3, 0.4) is 0 Å². The van der Waals surface area contributed by atoms with Crippen LogP contribution in [0.25, 0.3) is 5.57 Å². The Morgan fingerprint density at radius 2 is 1.94 bits per heavy atom. The number of benzene rings is 1. The molecule has 1 aromatic carbocycles. The lowest BCUT2D eigenvalue weighted by atomic mass is 10.0. The number of hydrogen-bond donors (Lipinski definition) is 0. The molecule has 0 spiro atoms. The van der Waals surface area contributed by atoms with E-state index in [-0.39, 0.29) is 5.57 Å². The highest BCUT2D eigenvalue weighted by Crippen LogP contribution is 2.27. The fourth-order valence-electron chi connectivity index (χ4n) is 1.47. The third kappa shape index (κ3) is 2.64. The van der Waals surface area contributed by atoms with E-state index in [2.05, 4.69) is 4.74 Å². The zero-order valence-corrected chi connectivity index (χ0v) is 9.98. The van der Waals surface area contributed by atoms with E-state index < -0.39 is 5.97 Å². The van der Waals surface area contributed by atoms with Crippen LogP contribution in [-0.4, -0.2) is 20.2 Å². The molecule has 0 unspecified atom stereocenters. The molecule has 0 heterocycles. The largest absolute Gasteiger partial charge is 0.496 e. The molecule has 0 N–H and O–H groups in total. The molecular formula is C13H13NO3. The van der Waals surface area contributed by atoms with E-state index >= 15 is 0 Å². The van der Waals surface area contributed by atoms with Gasteiger partial charge in [-0.2, -0.15) is 5.26 Å². The number of ether oxygens (including phenoxy) is 2. The minimum Gasteiger partial charge on any atom is -0.496 e. The van der Waals surface area contributed by atoms with Crippen molar-refractivity contribution >= 4 is 11.5 Å². The first-order chi connectivity index (χ1) is 8.15. The van der Waals surface area contributed by atoms with Crippen molar-refractivity contribution in [1.82, 2.24) is 0 Å². The predicted octanol–water partition coefficient (Wildman–Crippen LogP) is 2.17. The average Bonchev–Trinajstić information content (AvgIpc) is 2.38. The molecule has 1 rings (SSSR count). The number of methoxy groups -OCH3 is 2. The van der Waals surface area contributed by atoms with E-state index in [0.29, 0.717) is 16.9 Å². The maximum Gasteiger partial charge on any atom is 0.348 e. The molecule has 1 aromatic rings. The van der Waals surface area contributed by atoms with E-state index in [1.54, 1.807) is 19.1 Å². The third-order valence-corrected chi connectivity index (χ3v) is 2.39. The zero-order valence-electron chi connectivity index (χ0n) is 9.98. The first kappa shape index (κ1) is 12.8. The van der Waals surface area contributed by atoms with Crippen LogP contribution in [0.1, 0.15) is 12.5 Å². The van der Waals surface area contributed by atoms with Crippen molar-refractivity contribution in [2.75, 3.05) is 14.2 Å². The van der Waals surface area contributed by atoms with Crippen molar-refractivity contribution in [3.63, 3.8) is 0 Å². The number of allylic oxidation sites excluding steroid dienone is 1. The van der Waals surface area contributed by atoms with Gasteiger partial charge in [-0.3, -0.25) is 0 Å². The lowest BCUT2D eigenvalue weighted by Crippen LogP contribution is -2.05. The molecule has 0 saturated heterocycles. The number of esters is 1. The van der Waals surface area contributed by atoms with Gasteiger partial charge in [0.2, 0.25) is 0 Å². The molecule has 0 aliphatic rings. The fraction of sp³-hybridized carbons (Fsp3) is 0.231. The summed E-state index contributed by atoms with van der Waals surface area (Å²) in [7, 11) is 2.78. The summed E-state index contributed by atoms with van der Waals surface area (Å²) in [4.78, 5) is 11.4. The van der Waals surface area contributed by atoms with Gasteiger partial charge in [0, 0.05) is 5.56 Å². The van der Waals surface area contributed by atoms with Gasteiger partial charge >= 0.3 is 5.97 Å². The van der Waals surface area contributed by atoms with Crippen molar-refractivity contribution in [3.8, 4) is 11.8 Å². The van der Waals surface area contributed by atoms with Crippen LogP contribution in [-0.2, 0) is 9.53 Å². The molecule has 17 heavy (non-hydrogen) atoms. The zero-order chi connectivity index (χ0) is 12.8. The first-order valence-electron chi connectivity index (χ1n) is 4.98. The van der Waals surface area contributed by atoms with E-state index in [1.807, 2.05) is 18.2 Å². The number of hydrogen-bond acceptors (Lipinski definition) is 4. The summed E-state index contributed by atoms with van der Waals surface area (Å²) in [5, 5.41) is 8.97. The van der Waals surface area contributed by atoms with Crippen molar-refractivity contribution in [1.29, 1.82) is 5.26 Å². The van der Waals surface area contributed by atoms with Crippen LogP contribution in [0.5, 0.6) is 5.75 Å². The maximum absolute atomic E-state index is 11.4. The monoisotopic (exact) mass is 231 g/mol. The summed E-state index contributed by atoms with van der Waals surface area (Å²) >= 11 is 0. The maximum atomic E-state index is 11.4. The van der Waals surface area contributed by atoms with Gasteiger partial charge in [-0.05, 0) is 18.6 Å². The van der Waals surface area contributed by atoms with Gasteiger partial charge in [0.05, 0.1) is 14.2 Å². The van der Waals surface area contributed by atoms with Crippen LogP contribution in [0, 0.1) is 11.3 Å². The standard InChI is InChI=1S/C13H13NO3/c1-9(11(8-14)13(15)17-3)10-6-4-5-7-12(10)16-2/h4-7H,1-3H3. The lowest BCUT2D eigenvalue weighted by Gasteiger charge is -2.09. The highest BCUT2D eigenvalue weighted by molar-refractivity contribution is 6.01. The Balaban J connectivity index is 3.36. The quantitative estimate of drug-likeness (QED) is 0.454. The first-order valence-corrected chi connectivity index (χ1v) is 4.98. The molecule has 0 fully saturated rings. The molecule has 0 bridgehead atoms. The van der Waals surface area contributed by atoms with Crippen molar-refractivity contribution in [2.45, 2.75) is 6.92 Å². The third-order valence-electron chi connectivity index (χ3n) is 2.39. The van der Waals surface area contributed by atoms with E-state index in [4.69, 9.17) is 10.00 Å². The van der Waals surface area contributed by atoms with E-state index in [0.717, 1.165) is 0 Å². The van der Waals surface area contributed by atoms with Crippen molar-refractivity contribution < 1.29 is 14.3 Å². The topological polar surface area (TPSA) is 59.3 Å². The Bertz CT molecular complexity index is 498. The SMILES string of the molecule is COC(=O)C(C#N)=C(C)c1ccccc1OC. The number of rotatable bonds is 3.